The van der Waals surface area contributed by atoms with Crippen LogP contribution in [0.15, 0.2) is 59.4 Å². The van der Waals surface area contributed by atoms with Crippen LogP contribution in [0.1, 0.15) is 5.82 Å². The summed E-state index contributed by atoms with van der Waals surface area (Å²) >= 11 is 1.59. The van der Waals surface area contributed by atoms with E-state index in [9.17, 15) is 4.79 Å². The van der Waals surface area contributed by atoms with E-state index >= 15 is 0 Å². The van der Waals surface area contributed by atoms with Crippen molar-refractivity contribution in [2.45, 2.75) is 6.54 Å². The third-order valence-corrected chi connectivity index (χ3v) is 6.23. The second kappa shape index (κ2) is 6.79. The molecule has 2 aromatic heterocycles. The summed E-state index contributed by atoms with van der Waals surface area (Å²) in [7, 11) is 0. The zero-order valence-corrected chi connectivity index (χ0v) is 15.7. The second-order valence-electron chi connectivity index (χ2n) is 6.89. The number of piperazine rings is 1. The largest absolute Gasteiger partial charge is 0.369 e. The van der Waals surface area contributed by atoms with Gasteiger partial charge in [0.25, 0.3) is 5.56 Å². The van der Waals surface area contributed by atoms with Gasteiger partial charge >= 0.3 is 0 Å². The fourth-order valence-electron chi connectivity index (χ4n) is 3.76. The van der Waals surface area contributed by atoms with E-state index in [1.807, 2.05) is 30.3 Å². The summed E-state index contributed by atoms with van der Waals surface area (Å²) in [5.41, 5.74) is 1.24. The summed E-state index contributed by atoms with van der Waals surface area (Å²) in [6.45, 7) is 4.58. The molecule has 1 N–H and O–H groups in total. The normalized spacial score (nSPS) is 15.6. The molecular weight excluding hydrogens is 356 g/mol. The van der Waals surface area contributed by atoms with Crippen molar-refractivity contribution in [1.29, 1.82) is 0 Å². The van der Waals surface area contributed by atoms with Crippen LogP contribution in [0.25, 0.3) is 20.3 Å². The maximum absolute atomic E-state index is 12.6. The molecule has 0 amide bonds. The number of anilines is 1. The first-order valence-electron chi connectivity index (χ1n) is 9.21. The lowest BCUT2D eigenvalue weighted by atomic mass is 10.2. The number of para-hydroxylation sites is 1. The Hall–Kier alpha value is -2.70. The summed E-state index contributed by atoms with van der Waals surface area (Å²) in [4.78, 5) is 26.0. The van der Waals surface area contributed by atoms with Crippen molar-refractivity contribution < 1.29 is 0 Å². The van der Waals surface area contributed by atoms with Gasteiger partial charge in [0.2, 0.25) is 0 Å². The van der Waals surface area contributed by atoms with Gasteiger partial charge in [-0.1, -0.05) is 36.4 Å². The maximum atomic E-state index is 12.6. The predicted molar refractivity (Wildman–Crippen MR) is 112 cm³/mol. The Morgan fingerprint density at radius 1 is 0.963 bits per heavy atom. The molecule has 0 atom stereocenters. The zero-order chi connectivity index (χ0) is 18.2. The summed E-state index contributed by atoms with van der Waals surface area (Å²) in [6.07, 6.45) is 0. The molecule has 136 valence electrons. The molecule has 6 heteroatoms. The molecule has 0 spiro atoms. The lowest BCUT2D eigenvalue weighted by Crippen LogP contribution is -2.46. The van der Waals surface area contributed by atoms with Crippen molar-refractivity contribution in [2.24, 2.45) is 0 Å². The molecule has 1 aliphatic heterocycles. The summed E-state index contributed by atoms with van der Waals surface area (Å²) in [6, 6.07) is 18.5. The van der Waals surface area contributed by atoms with Gasteiger partial charge in [0, 0.05) is 42.0 Å². The Balaban J connectivity index is 1.35. The van der Waals surface area contributed by atoms with Gasteiger partial charge in [0.1, 0.15) is 10.7 Å². The van der Waals surface area contributed by atoms with E-state index in [2.05, 4.69) is 39.0 Å². The highest BCUT2D eigenvalue weighted by Crippen LogP contribution is 2.30. The fourth-order valence-corrected chi connectivity index (χ4v) is 4.86. The Labute approximate surface area is 160 Å². The molecule has 1 fully saturated rings. The van der Waals surface area contributed by atoms with Crippen LogP contribution in [0.2, 0.25) is 0 Å². The summed E-state index contributed by atoms with van der Waals surface area (Å²) in [5.74, 6) is 0.757. The quantitative estimate of drug-likeness (QED) is 0.595. The SMILES string of the molecule is O=c1[nH]c(CN2CCN(c3ccccc3)CC2)nc2sc3ccccc3c12. The molecule has 4 aromatic rings. The smallest absolute Gasteiger partial charge is 0.260 e. The van der Waals surface area contributed by atoms with Crippen molar-refractivity contribution in [3.63, 3.8) is 0 Å². The van der Waals surface area contributed by atoms with Crippen LogP contribution in [-0.2, 0) is 6.54 Å². The first-order chi connectivity index (χ1) is 13.3. The first-order valence-corrected chi connectivity index (χ1v) is 10.0. The first kappa shape index (κ1) is 16.5. The summed E-state index contributed by atoms with van der Waals surface area (Å²) < 4.78 is 1.11. The molecule has 0 radical (unpaired) electrons. The van der Waals surface area contributed by atoms with Gasteiger partial charge in [-0.15, -0.1) is 11.3 Å². The molecule has 5 rings (SSSR count). The highest BCUT2D eigenvalue weighted by Gasteiger charge is 2.19. The standard InChI is InChI=1S/C21H20N4OS/c26-20-19-16-8-4-5-9-17(16)27-21(19)23-18(22-20)14-24-10-12-25(13-11-24)15-6-2-1-3-7-15/h1-9H,10-14H2,(H,22,23,26). The molecule has 0 aliphatic carbocycles. The molecule has 0 unspecified atom stereocenters. The van der Waals surface area contributed by atoms with Gasteiger partial charge in [-0.25, -0.2) is 4.98 Å². The molecule has 27 heavy (non-hydrogen) atoms. The van der Waals surface area contributed by atoms with Crippen LogP contribution in [0.4, 0.5) is 5.69 Å². The van der Waals surface area contributed by atoms with Crippen molar-refractivity contribution >= 4 is 37.3 Å². The van der Waals surface area contributed by atoms with Gasteiger partial charge in [-0.2, -0.15) is 0 Å². The summed E-state index contributed by atoms with van der Waals surface area (Å²) in [5, 5.41) is 1.71. The van der Waals surface area contributed by atoms with Crippen LogP contribution >= 0.6 is 11.3 Å². The van der Waals surface area contributed by atoms with E-state index < -0.39 is 0 Å². The van der Waals surface area contributed by atoms with Gasteiger partial charge in [0.15, 0.2) is 0 Å². The number of benzene rings is 2. The van der Waals surface area contributed by atoms with Crippen LogP contribution < -0.4 is 10.5 Å². The Morgan fingerprint density at radius 2 is 1.70 bits per heavy atom. The maximum Gasteiger partial charge on any atom is 0.260 e. The highest BCUT2D eigenvalue weighted by molar-refractivity contribution is 7.25. The van der Waals surface area contributed by atoms with Gasteiger partial charge < -0.3 is 9.88 Å². The third kappa shape index (κ3) is 3.11. The zero-order valence-electron chi connectivity index (χ0n) is 14.9. The van der Waals surface area contributed by atoms with E-state index in [0.29, 0.717) is 11.9 Å². The lowest BCUT2D eigenvalue weighted by molar-refractivity contribution is 0.244. The third-order valence-electron chi connectivity index (χ3n) is 5.17. The number of rotatable bonds is 3. The topological polar surface area (TPSA) is 52.2 Å². The number of H-pyrrole nitrogens is 1. The second-order valence-corrected chi connectivity index (χ2v) is 7.92. The predicted octanol–water partition coefficient (Wildman–Crippen LogP) is 3.46. The van der Waals surface area contributed by atoms with Crippen molar-refractivity contribution in [3.05, 3.63) is 70.8 Å². The average Bonchev–Trinajstić information content (AvgIpc) is 3.08. The van der Waals surface area contributed by atoms with Crippen molar-refractivity contribution in [3.8, 4) is 0 Å². The number of hydrogen-bond acceptors (Lipinski definition) is 5. The number of aromatic amines is 1. The molecule has 2 aromatic carbocycles. The van der Waals surface area contributed by atoms with Crippen LogP contribution in [-0.4, -0.2) is 41.0 Å². The van der Waals surface area contributed by atoms with Crippen LogP contribution in [0, 0.1) is 0 Å². The molecule has 1 saturated heterocycles. The number of aromatic nitrogens is 2. The minimum atomic E-state index is -0.0321. The Kier molecular flexibility index (Phi) is 4.14. The minimum Gasteiger partial charge on any atom is -0.369 e. The number of nitrogens with zero attached hydrogens (tertiary/aromatic N) is 3. The molecule has 3 heterocycles. The monoisotopic (exact) mass is 376 g/mol. The van der Waals surface area contributed by atoms with Crippen LogP contribution in [0.5, 0.6) is 0 Å². The van der Waals surface area contributed by atoms with Gasteiger partial charge in [0.05, 0.1) is 11.9 Å². The Bertz CT molecular complexity index is 1140. The van der Waals surface area contributed by atoms with E-state index in [-0.39, 0.29) is 5.56 Å². The molecule has 5 nitrogen and oxygen atoms in total. The average molecular weight is 376 g/mol. The molecule has 0 bridgehead atoms. The molecule has 1 aliphatic rings. The van der Waals surface area contributed by atoms with Crippen molar-refractivity contribution in [2.75, 3.05) is 31.1 Å². The highest BCUT2D eigenvalue weighted by atomic mass is 32.1. The molecule has 0 saturated carbocycles. The van der Waals surface area contributed by atoms with E-state index in [0.717, 1.165) is 46.9 Å². The fraction of sp³-hybridized carbons (Fsp3) is 0.238. The Morgan fingerprint density at radius 3 is 2.52 bits per heavy atom. The van der Waals surface area contributed by atoms with Gasteiger partial charge in [-0.05, 0) is 18.2 Å². The number of thiophene rings is 1. The number of hydrogen-bond donors (Lipinski definition) is 1. The van der Waals surface area contributed by atoms with Crippen molar-refractivity contribution in [1.82, 2.24) is 14.9 Å². The van der Waals surface area contributed by atoms with Crippen LogP contribution in [0.3, 0.4) is 0 Å². The number of nitrogens with one attached hydrogen (secondary N) is 1. The van der Waals surface area contributed by atoms with E-state index in [1.165, 1.54) is 5.69 Å². The van der Waals surface area contributed by atoms with E-state index in [4.69, 9.17) is 4.98 Å². The minimum absolute atomic E-state index is 0.0321. The van der Waals surface area contributed by atoms with Gasteiger partial charge in [-0.3, -0.25) is 9.69 Å². The molecular formula is C21H20N4OS. The van der Waals surface area contributed by atoms with E-state index in [1.54, 1.807) is 11.3 Å². The number of fused-ring (bicyclic) bond motifs is 3. The lowest BCUT2D eigenvalue weighted by Gasteiger charge is -2.35.